The van der Waals surface area contributed by atoms with Crippen molar-refractivity contribution in [3.8, 4) is 5.69 Å². The third-order valence-corrected chi connectivity index (χ3v) is 9.72. The zero-order valence-corrected chi connectivity index (χ0v) is 28.1. The number of carboxylic acids is 2. The van der Waals surface area contributed by atoms with Gasteiger partial charge in [-0.25, -0.2) is 4.68 Å². The van der Waals surface area contributed by atoms with Crippen molar-refractivity contribution >= 4 is 29.7 Å². The van der Waals surface area contributed by atoms with Gasteiger partial charge in [0.25, 0.3) is 5.91 Å². The number of likely N-dealkylation sites (tertiary alicyclic amines) is 2. The highest BCUT2D eigenvalue weighted by Gasteiger charge is 2.27. The largest absolute Gasteiger partial charge is 0.481 e. The molecule has 0 aliphatic carbocycles. The molecule has 0 unspecified atom stereocenters. The van der Waals surface area contributed by atoms with Crippen LogP contribution in [0.4, 0.5) is 4.39 Å². The summed E-state index contributed by atoms with van der Waals surface area (Å²) in [6.07, 6.45) is 8.31. The number of piperidine rings is 2. The Hall–Kier alpha value is -4.36. The summed E-state index contributed by atoms with van der Waals surface area (Å²) in [5.41, 5.74) is 1.79. The summed E-state index contributed by atoms with van der Waals surface area (Å²) in [5, 5.41) is 29.1. The maximum atomic E-state index is 13.4. The molecule has 2 aliphatic heterocycles. The average molecular weight is 685 g/mol. The average Bonchev–Trinajstić information content (AvgIpc) is 3.59. The Labute approximate surface area is 286 Å². The number of alkyl halides is 1. The van der Waals surface area contributed by atoms with Crippen LogP contribution in [-0.4, -0.2) is 104 Å². The molecule has 2 saturated heterocycles. The number of aryl methyl sites for hydroxylation is 1. The number of rotatable bonds is 18. The van der Waals surface area contributed by atoms with Gasteiger partial charge in [0.05, 0.1) is 24.3 Å². The molecule has 0 saturated carbocycles. The molecule has 0 spiro atoms. The molecule has 3 amide bonds. The van der Waals surface area contributed by atoms with Gasteiger partial charge in [-0.1, -0.05) is 5.21 Å². The molecule has 3 heterocycles. The van der Waals surface area contributed by atoms with Gasteiger partial charge in [0.1, 0.15) is 0 Å². The summed E-state index contributed by atoms with van der Waals surface area (Å²) in [6.45, 7) is 1.89. The normalized spacial score (nSPS) is 15.8. The van der Waals surface area contributed by atoms with Crippen LogP contribution in [0, 0.1) is 11.8 Å². The van der Waals surface area contributed by atoms with E-state index in [4.69, 9.17) is 10.2 Å². The maximum absolute atomic E-state index is 13.4. The number of benzene rings is 1. The first-order valence-electron chi connectivity index (χ1n) is 17.5. The topological polar surface area (TPSA) is 175 Å². The fourth-order valence-corrected chi connectivity index (χ4v) is 6.62. The predicted octanol–water partition coefficient (Wildman–Crippen LogP) is 4.04. The summed E-state index contributed by atoms with van der Waals surface area (Å²) in [6, 6.07) is 6.40. The van der Waals surface area contributed by atoms with E-state index < -0.39 is 24.7 Å². The van der Waals surface area contributed by atoms with Gasteiger partial charge in [0.15, 0.2) is 0 Å². The molecule has 2 fully saturated rings. The standard InChI is InChI=1S/C35H49FN6O7/c36-19-1-2-29-24-42(39-38-29)30-9-5-27(6-10-30)35(49)37-28(7-11-31(43)40-20-15-25(16-21-40)3-13-33(45)46)8-12-32(44)41-22-17-26(18-23-41)4-14-34(47)48/h5-6,9-10,24-26,28H,1-4,7-8,11-23H2,(H,37,49)(H,45,46)(H,47,48). The molecule has 268 valence electrons. The lowest BCUT2D eigenvalue weighted by Gasteiger charge is -2.33. The molecule has 0 bridgehead atoms. The summed E-state index contributed by atoms with van der Waals surface area (Å²) in [4.78, 5) is 65.1. The van der Waals surface area contributed by atoms with Crippen LogP contribution >= 0.6 is 0 Å². The molecule has 3 N–H and O–H groups in total. The molecular formula is C35H49FN6O7. The predicted molar refractivity (Wildman–Crippen MR) is 178 cm³/mol. The van der Waals surface area contributed by atoms with Crippen LogP contribution in [0.2, 0.25) is 0 Å². The van der Waals surface area contributed by atoms with Gasteiger partial charge in [-0.15, -0.1) is 5.10 Å². The lowest BCUT2D eigenvalue weighted by molar-refractivity contribution is -0.138. The Balaban J connectivity index is 1.32. The van der Waals surface area contributed by atoms with Gasteiger partial charge in [-0.2, -0.15) is 0 Å². The van der Waals surface area contributed by atoms with Crippen molar-refractivity contribution < 1.29 is 38.6 Å². The van der Waals surface area contributed by atoms with E-state index in [0.717, 1.165) is 25.7 Å². The molecule has 13 nitrogen and oxygen atoms in total. The van der Waals surface area contributed by atoms with E-state index in [-0.39, 0.29) is 43.4 Å². The molecule has 14 heteroatoms. The molecule has 4 rings (SSSR count). The highest BCUT2D eigenvalue weighted by Crippen LogP contribution is 2.24. The third-order valence-electron chi connectivity index (χ3n) is 9.72. The SMILES string of the molecule is O=C(O)CCC1CCN(C(=O)CCC(CCC(=O)N2CCC(CCC(=O)O)CC2)NC(=O)c2ccc(-n3cc(CCCF)nn3)cc2)CC1. The van der Waals surface area contributed by atoms with Gasteiger partial charge in [0, 0.05) is 63.5 Å². The van der Waals surface area contributed by atoms with Crippen molar-refractivity contribution in [1.82, 2.24) is 30.1 Å². The highest BCUT2D eigenvalue weighted by atomic mass is 19.1. The van der Waals surface area contributed by atoms with Crippen molar-refractivity contribution in [3.05, 3.63) is 41.7 Å². The second kappa shape index (κ2) is 19.0. The number of carbonyl (C=O) groups is 5. The number of aliphatic carboxylic acids is 2. The lowest BCUT2D eigenvalue weighted by atomic mass is 9.91. The fraction of sp³-hybridized carbons (Fsp3) is 0.629. The minimum atomic E-state index is -0.809. The zero-order valence-electron chi connectivity index (χ0n) is 28.1. The summed E-state index contributed by atoms with van der Waals surface area (Å²) < 4.78 is 14.1. The van der Waals surface area contributed by atoms with E-state index in [2.05, 4.69) is 15.6 Å². The molecule has 1 aromatic heterocycles. The first-order chi connectivity index (χ1) is 23.6. The summed E-state index contributed by atoms with van der Waals surface area (Å²) in [7, 11) is 0. The second-order valence-electron chi connectivity index (χ2n) is 13.3. The molecule has 0 radical (unpaired) electrons. The fourth-order valence-electron chi connectivity index (χ4n) is 6.62. The number of carboxylic acid groups (broad SMARTS) is 2. The molecular weight excluding hydrogens is 635 g/mol. The Kier molecular flexibility index (Phi) is 14.5. The number of nitrogens with one attached hydrogen (secondary N) is 1. The van der Waals surface area contributed by atoms with Crippen LogP contribution in [0.25, 0.3) is 5.69 Å². The second-order valence-corrected chi connectivity index (χ2v) is 13.3. The minimum Gasteiger partial charge on any atom is -0.481 e. The number of carbonyl (C=O) groups excluding carboxylic acids is 3. The minimum absolute atomic E-state index is 0.0197. The molecule has 1 aromatic carbocycles. The zero-order chi connectivity index (χ0) is 35.2. The van der Waals surface area contributed by atoms with Crippen molar-refractivity contribution in [3.63, 3.8) is 0 Å². The van der Waals surface area contributed by atoms with Crippen LogP contribution in [0.15, 0.2) is 30.5 Å². The Morgan fingerprint density at radius 3 is 1.78 bits per heavy atom. The van der Waals surface area contributed by atoms with E-state index >= 15 is 0 Å². The Bertz CT molecular complexity index is 1350. The van der Waals surface area contributed by atoms with Gasteiger partial charge < -0.3 is 25.3 Å². The van der Waals surface area contributed by atoms with E-state index in [1.54, 1.807) is 35.1 Å². The van der Waals surface area contributed by atoms with E-state index in [1.165, 1.54) is 0 Å². The quantitative estimate of drug-likeness (QED) is 0.209. The van der Waals surface area contributed by atoms with E-state index in [0.29, 0.717) is 93.5 Å². The van der Waals surface area contributed by atoms with Gasteiger partial charge in [-0.05, 0) is 100 Å². The molecule has 2 aromatic rings. The van der Waals surface area contributed by atoms with Gasteiger partial charge in [0.2, 0.25) is 11.8 Å². The number of hydrogen-bond donors (Lipinski definition) is 3. The molecule has 2 aliphatic rings. The molecule has 49 heavy (non-hydrogen) atoms. The third kappa shape index (κ3) is 12.2. The lowest BCUT2D eigenvalue weighted by Crippen LogP contribution is -2.41. The van der Waals surface area contributed by atoms with Crippen molar-refractivity contribution in [2.24, 2.45) is 11.8 Å². The van der Waals surface area contributed by atoms with Crippen LogP contribution in [0.3, 0.4) is 0 Å². The smallest absolute Gasteiger partial charge is 0.303 e. The Morgan fingerprint density at radius 2 is 1.31 bits per heavy atom. The highest BCUT2D eigenvalue weighted by molar-refractivity contribution is 5.94. The molecule has 0 atom stereocenters. The van der Waals surface area contributed by atoms with Crippen molar-refractivity contribution in [2.45, 2.75) is 95.9 Å². The first kappa shape index (κ1) is 37.5. The first-order valence-corrected chi connectivity index (χ1v) is 17.5. The van der Waals surface area contributed by atoms with Crippen molar-refractivity contribution in [2.75, 3.05) is 32.9 Å². The number of aromatic nitrogens is 3. The maximum Gasteiger partial charge on any atom is 0.303 e. The number of amides is 3. The number of nitrogens with zero attached hydrogens (tertiary/aromatic N) is 5. The van der Waals surface area contributed by atoms with Crippen LogP contribution in [0.5, 0.6) is 0 Å². The van der Waals surface area contributed by atoms with Gasteiger partial charge in [-0.3, -0.25) is 28.4 Å². The number of halogens is 1. The van der Waals surface area contributed by atoms with E-state index in [9.17, 15) is 28.4 Å². The summed E-state index contributed by atoms with van der Waals surface area (Å²) in [5.74, 6) is -1.40. The van der Waals surface area contributed by atoms with Crippen LogP contribution in [-0.2, 0) is 25.6 Å². The van der Waals surface area contributed by atoms with Gasteiger partial charge >= 0.3 is 11.9 Å². The summed E-state index contributed by atoms with van der Waals surface area (Å²) >= 11 is 0. The van der Waals surface area contributed by atoms with Crippen LogP contribution < -0.4 is 5.32 Å². The monoisotopic (exact) mass is 684 g/mol. The van der Waals surface area contributed by atoms with Crippen molar-refractivity contribution in [1.29, 1.82) is 0 Å². The number of hydrogen-bond acceptors (Lipinski definition) is 7. The van der Waals surface area contributed by atoms with Crippen LogP contribution in [0.1, 0.15) is 99.5 Å². The Morgan fingerprint density at radius 1 is 0.796 bits per heavy atom. The van der Waals surface area contributed by atoms with E-state index in [1.807, 2.05) is 9.80 Å².